The number of aromatic nitrogens is 3. The summed E-state index contributed by atoms with van der Waals surface area (Å²) in [5.74, 6) is 0.691. The molecule has 0 saturated carbocycles. The molecule has 2 rings (SSSR count). The maximum Gasteiger partial charge on any atom is 0.108 e. The van der Waals surface area contributed by atoms with E-state index in [-0.39, 0.29) is 0 Å². The topological polar surface area (TPSA) is 52.0 Å². The molecular formula is C10H18N4O. The lowest BCUT2D eigenvalue weighted by Crippen LogP contribution is -2.32. The van der Waals surface area contributed by atoms with Crippen molar-refractivity contribution in [2.24, 2.45) is 5.92 Å². The van der Waals surface area contributed by atoms with Gasteiger partial charge in [-0.05, 0) is 31.8 Å². The average Bonchev–Trinajstić information content (AvgIpc) is 2.68. The molecule has 0 amide bonds. The molecule has 1 atom stereocenters. The predicted molar refractivity (Wildman–Crippen MR) is 56.3 cm³/mol. The normalized spacial score (nSPS) is 21.8. The van der Waals surface area contributed by atoms with Crippen LogP contribution in [0.15, 0.2) is 6.20 Å². The molecule has 0 aliphatic carbocycles. The van der Waals surface area contributed by atoms with Gasteiger partial charge in [0, 0.05) is 13.7 Å². The van der Waals surface area contributed by atoms with Crippen molar-refractivity contribution < 1.29 is 4.74 Å². The minimum Gasteiger partial charge on any atom is -0.378 e. The molecule has 0 spiro atoms. The first-order valence-corrected chi connectivity index (χ1v) is 5.47. The average molecular weight is 210 g/mol. The largest absolute Gasteiger partial charge is 0.378 e. The maximum atomic E-state index is 5.00. The molecule has 5 heteroatoms. The van der Waals surface area contributed by atoms with Crippen molar-refractivity contribution in [2.75, 3.05) is 20.2 Å². The molecule has 84 valence electrons. The Bertz CT molecular complexity index is 293. The SMILES string of the molecule is COCc1cn(C[C@@H]2CCCNC2)nn1. The number of nitrogens with one attached hydrogen (secondary N) is 1. The summed E-state index contributed by atoms with van der Waals surface area (Å²) in [7, 11) is 1.67. The molecule has 1 aromatic heterocycles. The van der Waals surface area contributed by atoms with Crippen LogP contribution < -0.4 is 5.32 Å². The molecule has 1 aliphatic rings. The van der Waals surface area contributed by atoms with E-state index in [0.29, 0.717) is 12.5 Å². The summed E-state index contributed by atoms with van der Waals surface area (Å²) in [5, 5.41) is 11.5. The van der Waals surface area contributed by atoms with Crippen molar-refractivity contribution in [2.45, 2.75) is 26.0 Å². The third-order valence-corrected chi connectivity index (χ3v) is 2.72. The number of methoxy groups -OCH3 is 1. The first kappa shape index (κ1) is 10.6. The van der Waals surface area contributed by atoms with Crippen LogP contribution in [0.25, 0.3) is 0 Å². The fourth-order valence-corrected chi connectivity index (χ4v) is 1.99. The van der Waals surface area contributed by atoms with Crippen LogP contribution in [0.1, 0.15) is 18.5 Å². The lowest BCUT2D eigenvalue weighted by molar-refractivity contribution is 0.181. The molecule has 1 fully saturated rings. The first-order valence-electron chi connectivity index (χ1n) is 5.47. The van der Waals surface area contributed by atoms with Gasteiger partial charge in [-0.15, -0.1) is 5.10 Å². The maximum absolute atomic E-state index is 5.00. The number of hydrogen-bond donors (Lipinski definition) is 1. The molecule has 2 heterocycles. The predicted octanol–water partition coefficient (Wildman–Crippen LogP) is 0.424. The molecule has 1 N–H and O–H groups in total. The van der Waals surface area contributed by atoms with Crippen LogP contribution in [-0.2, 0) is 17.9 Å². The highest BCUT2D eigenvalue weighted by Crippen LogP contribution is 2.11. The van der Waals surface area contributed by atoms with E-state index >= 15 is 0 Å². The van der Waals surface area contributed by atoms with Gasteiger partial charge in [-0.2, -0.15) is 0 Å². The summed E-state index contributed by atoms with van der Waals surface area (Å²) in [6, 6.07) is 0. The van der Waals surface area contributed by atoms with Crippen LogP contribution >= 0.6 is 0 Å². The highest BCUT2D eigenvalue weighted by Gasteiger charge is 2.14. The van der Waals surface area contributed by atoms with Crippen molar-refractivity contribution in [1.29, 1.82) is 0 Å². The summed E-state index contributed by atoms with van der Waals surface area (Å²) < 4.78 is 6.93. The van der Waals surface area contributed by atoms with E-state index in [0.717, 1.165) is 25.3 Å². The lowest BCUT2D eigenvalue weighted by atomic mass is 10.00. The van der Waals surface area contributed by atoms with E-state index in [1.54, 1.807) is 7.11 Å². The number of ether oxygens (including phenoxy) is 1. The zero-order valence-electron chi connectivity index (χ0n) is 9.15. The number of hydrogen-bond acceptors (Lipinski definition) is 4. The number of piperidine rings is 1. The molecule has 5 nitrogen and oxygen atoms in total. The second-order valence-electron chi connectivity index (χ2n) is 4.08. The number of nitrogens with zero attached hydrogens (tertiary/aromatic N) is 3. The van der Waals surface area contributed by atoms with Crippen LogP contribution in [-0.4, -0.2) is 35.2 Å². The summed E-state index contributed by atoms with van der Waals surface area (Å²) in [6.07, 6.45) is 4.52. The van der Waals surface area contributed by atoms with Crippen molar-refractivity contribution in [3.05, 3.63) is 11.9 Å². The van der Waals surface area contributed by atoms with Gasteiger partial charge in [0.1, 0.15) is 5.69 Å². The fourth-order valence-electron chi connectivity index (χ4n) is 1.99. The third kappa shape index (κ3) is 3.00. The second-order valence-corrected chi connectivity index (χ2v) is 4.08. The van der Waals surface area contributed by atoms with E-state index < -0.39 is 0 Å². The first-order chi connectivity index (χ1) is 7.38. The van der Waals surface area contributed by atoms with Crippen LogP contribution in [0.3, 0.4) is 0 Å². The van der Waals surface area contributed by atoms with Gasteiger partial charge in [-0.25, -0.2) is 0 Å². The van der Waals surface area contributed by atoms with Crippen molar-refractivity contribution in [3.8, 4) is 0 Å². The Morgan fingerprint density at radius 3 is 3.33 bits per heavy atom. The fraction of sp³-hybridized carbons (Fsp3) is 0.800. The monoisotopic (exact) mass is 210 g/mol. The molecule has 0 aromatic carbocycles. The van der Waals surface area contributed by atoms with Gasteiger partial charge < -0.3 is 10.1 Å². The summed E-state index contributed by atoms with van der Waals surface area (Å²) >= 11 is 0. The van der Waals surface area contributed by atoms with Crippen LogP contribution in [0.2, 0.25) is 0 Å². The Morgan fingerprint density at radius 2 is 2.60 bits per heavy atom. The standard InChI is InChI=1S/C10H18N4O/c1-15-8-10-7-14(13-12-10)6-9-3-2-4-11-5-9/h7,9,11H,2-6,8H2,1H3/t9-/m1/s1. The lowest BCUT2D eigenvalue weighted by Gasteiger charge is -2.22. The third-order valence-electron chi connectivity index (χ3n) is 2.72. The molecule has 1 aliphatic heterocycles. The minimum atomic E-state index is 0.545. The highest BCUT2D eigenvalue weighted by molar-refractivity contribution is 4.89. The number of rotatable bonds is 4. The Kier molecular flexibility index (Phi) is 3.69. The molecular weight excluding hydrogens is 192 g/mol. The van der Waals surface area contributed by atoms with Crippen molar-refractivity contribution >= 4 is 0 Å². The van der Waals surface area contributed by atoms with Gasteiger partial charge in [-0.3, -0.25) is 4.68 Å². The zero-order chi connectivity index (χ0) is 10.5. The van der Waals surface area contributed by atoms with E-state index in [2.05, 4.69) is 15.6 Å². The highest BCUT2D eigenvalue weighted by atomic mass is 16.5. The van der Waals surface area contributed by atoms with Gasteiger partial charge in [-0.1, -0.05) is 5.21 Å². The van der Waals surface area contributed by atoms with Gasteiger partial charge in [0.2, 0.25) is 0 Å². The van der Waals surface area contributed by atoms with Crippen molar-refractivity contribution in [3.63, 3.8) is 0 Å². The van der Waals surface area contributed by atoms with E-state index in [4.69, 9.17) is 4.74 Å². The summed E-state index contributed by atoms with van der Waals surface area (Å²) in [4.78, 5) is 0. The van der Waals surface area contributed by atoms with Gasteiger partial charge in [0.25, 0.3) is 0 Å². The van der Waals surface area contributed by atoms with E-state index in [1.165, 1.54) is 12.8 Å². The van der Waals surface area contributed by atoms with Gasteiger partial charge >= 0.3 is 0 Å². The Morgan fingerprint density at radius 1 is 1.67 bits per heavy atom. The molecule has 1 saturated heterocycles. The smallest absolute Gasteiger partial charge is 0.108 e. The molecule has 1 aromatic rings. The Labute approximate surface area is 89.8 Å². The molecule has 0 radical (unpaired) electrons. The van der Waals surface area contributed by atoms with E-state index in [1.807, 2.05) is 10.9 Å². The molecule has 0 unspecified atom stereocenters. The molecule has 15 heavy (non-hydrogen) atoms. The Hall–Kier alpha value is -0.940. The van der Waals surface area contributed by atoms with E-state index in [9.17, 15) is 0 Å². The van der Waals surface area contributed by atoms with Gasteiger partial charge in [0.05, 0.1) is 12.8 Å². The van der Waals surface area contributed by atoms with Crippen LogP contribution in [0, 0.1) is 5.92 Å². The molecule has 0 bridgehead atoms. The quantitative estimate of drug-likeness (QED) is 0.782. The van der Waals surface area contributed by atoms with Crippen LogP contribution in [0.4, 0.5) is 0 Å². The summed E-state index contributed by atoms with van der Waals surface area (Å²) in [5.41, 5.74) is 0.904. The van der Waals surface area contributed by atoms with Gasteiger partial charge in [0.15, 0.2) is 0 Å². The zero-order valence-corrected chi connectivity index (χ0v) is 9.15. The van der Waals surface area contributed by atoms with Crippen molar-refractivity contribution in [1.82, 2.24) is 20.3 Å². The minimum absolute atomic E-state index is 0.545. The second kappa shape index (κ2) is 5.23. The Balaban J connectivity index is 1.86. The van der Waals surface area contributed by atoms with Crippen LogP contribution in [0.5, 0.6) is 0 Å². The summed E-state index contributed by atoms with van der Waals surface area (Å²) in [6.45, 7) is 3.76.